The van der Waals surface area contributed by atoms with Crippen LogP contribution in [0.15, 0.2) is 56.7 Å². The lowest BCUT2D eigenvalue weighted by Gasteiger charge is -2.33. The van der Waals surface area contributed by atoms with Crippen LogP contribution >= 0.6 is 15.9 Å². The van der Waals surface area contributed by atoms with Gasteiger partial charge >= 0.3 is 0 Å². The van der Waals surface area contributed by atoms with Gasteiger partial charge in [0.2, 0.25) is 20.0 Å². The summed E-state index contributed by atoms with van der Waals surface area (Å²) in [4.78, 5) is 0.266. The third-order valence-electron chi connectivity index (χ3n) is 4.60. The lowest BCUT2D eigenvalue weighted by molar-refractivity contribution is 0.272. The van der Waals surface area contributed by atoms with Crippen molar-refractivity contribution < 1.29 is 21.6 Å². The van der Waals surface area contributed by atoms with Crippen molar-refractivity contribution in [2.24, 2.45) is 0 Å². The molecule has 0 radical (unpaired) electrons. The molecular formula is C18H21BrN2O5S2. The minimum absolute atomic E-state index is 0.0548. The monoisotopic (exact) mass is 488 g/mol. The van der Waals surface area contributed by atoms with Crippen molar-refractivity contribution in [2.45, 2.75) is 16.7 Å². The van der Waals surface area contributed by atoms with Gasteiger partial charge < -0.3 is 4.74 Å². The molecule has 2 aromatic carbocycles. The molecule has 7 nitrogen and oxygen atoms in total. The van der Waals surface area contributed by atoms with Gasteiger partial charge in [-0.1, -0.05) is 33.6 Å². The first-order chi connectivity index (χ1) is 13.2. The van der Waals surface area contributed by atoms with E-state index in [9.17, 15) is 16.8 Å². The van der Waals surface area contributed by atoms with Crippen molar-refractivity contribution in [2.75, 3.05) is 33.3 Å². The number of hydrogen-bond donors (Lipinski definition) is 0. The van der Waals surface area contributed by atoms with Crippen molar-refractivity contribution in [1.29, 1.82) is 0 Å². The van der Waals surface area contributed by atoms with Crippen molar-refractivity contribution in [3.8, 4) is 5.75 Å². The third-order valence-corrected chi connectivity index (χ3v) is 8.93. The Labute approximate surface area is 174 Å². The number of piperazine rings is 1. The van der Waals surface area contributed by atoms with Crippen molar-refractivity contribution in [3.05, 3.63) is 52.5 Å². The number of nitrogens with zero attached hydrogens (tertiary/aromatic N) is 2. The molecule has 0 bridgehead atoms. The van der Waals surface area contributed by atoms with E-state index in [1.165, 1.54) is 21.8 Å². The molecule has 0 saturated carbocycles. The summed E-state index contributed by atoms with van der Waals surface area (Å²) in [5.74, 6) is 0.248. The first kappa shape index (κ1) is 21.3. The van der Waals surface area contributed by atoms with Gasteiger partial charge in [0, 0.05) is 30.7 Å². The van der Waals surface area contributed by atoms with Gasteiger partial charge in [-0.25, -0.2) is 16.8 Å². The average Bonchev–Trinajstić information content (AvgIpc) is 2.68. The zero-order chi connectivity index (χ0) is 20.5. The molecule has 0 unspecified atom stereocenters. The lowest BCUT2D eigenvalue weighted by atomic mass is 10.2. The zero-order valence-corrected chi connectivity index (χ0v) is 18.7. The Morgan fingerprint density at radius 3 is 1.93 bits per heavy atom. The number of ether oxygens (including phenoxy) is 1. The molecule has 2 aromatic rings. The Balaban J connectivity index is 1.80. The van der Waals surface area contributed by atoms with Crippen LogP contribution in [0.2, 0.25) is 0 Å². The second kappa shape index (κ2) is 8.11. The number of hydrogen-bond acceptors (Lipinski definition) is 5. The summed E-state index contributed by atoms with van der Waals surface area (Å²) in [6.45, 7) is 2.21. The van der Waals surface area contributed by atoms with Crippen LogP contribution in [0.3, 0.4) is 0 Å². The Morgan fingerprint density at radius 1 is 0.857 bits per heavy atom. The van der Waals surface area contributed by atoms with Crippen LogP contribution in [0, 0.1) is 6.92 Å². The number of rotatable bonds is 5. The van der Waals surface area contributed by atoms with Gasteiger partial charge in [-0.2, -0.15) is 8.61 Å². The smallest absolute Gasteiger partial charge is 0.246 e. The van der Waals surface area contributed by atoms with Crippen LogP contribution < -0.4 is 4.74 Å². The SMILES string of the molecule is COc1ccc(Br)cc1S(=O)(=O)N1CCN(S(=O)(=O)c2ccc(C)cc2)CC1. The fourth-order valence-corrected chi connectivity index (χ4v) is 6.54. The first-order valence-electron chi connectivity index (χ1n) is 8.57. The van der Waals surface area contributed by atoms with Gasteiger partial charge in [0.25, 0.3) is 0 Å². The summed E-state index contributed by atoms with van der Waals surface area (Å²) >= 11 is 3.28. The lowest BCUT2D eigenvalue weighted by Crippen LogP contribution is -2.50. The molecule has 1 aliphatic heterocycles. The summed E-state index contributed by atoms with van der Waals surface area (Å²) in [6.07, 6.45) is 0. The predicted molar refractivity (Wildman–Crippen MR) is 109 cm³/mol. The summed E-state index contributed by atoms with van der Waals surface area (Å²) in [6, 6.07) is 11.4. The quantitative estimate of drug-likeness (QED) is 0.645. The van der Waals surface area contributed by atoms with Gasteiger partial charge in [-0.15, -0.1) is 0 Å². The average molecular weight is 489 g/mol. The van der Waals surface area contributed by atoms with Crippen LogP contribution in [-0.2, 0) is 20.0 Å². The molecule has 0 amide bonds. The van der Waals surface area contributed by atoms with Crippen LogP contribution in [0.5, 0.6) is 5.75 Å². The highest BCUT2D eigenvalue weighted by atomic mass is 79.9. The molecule has 0 atom stereocenters. The van der Waals surface area contributed by atoms with Crippen LogP contribution in [0.1, 0.15) is 5.56 Å². The van der Waals surface area contributed by atoms with E-state index >= 15 is 0 Å². The molecule has 1 fully saturated rings. The Bertz CT molecular complexity index is 1060. The van der Waals surface area contributed by atoms with Gasteiger partial charge in [-0.3, -0.25) is 0 Å². The number of methoxy groups -OCH3 is 1. The summed E-state index contributed by atoms with van der Waals surface area (Å²) in [5.41, 5.74) is 0.970. The molecule has 152 valence electrons. The number of sulfonamides is 2. The standard InChI is InChI=1S/C18H21BrN2O5S2/c1-14-3-6-16(7-4-14)27(22,23)20-9-11-21(12-10-20)28(24,25)18-13-15(19)5-8-17(18)26-2/h3-8,13H,9-12H2,1-2H3. The number of aryl methyl sites for hydroxylation is 1. The van der Waals surface area contributed by atoms with Crippen LogP contribution in [-0.4, -0.2) is 58.7 Å². The Morgan fingerprint density at radius 2 is 1.39 bits per heavy atom. The van der Waals surface area contributed by atoms with E-state index in [4.69, 9.17) is 4.74 Å². The fraction of sp³-hybridized carbons (Fsp3) is 0.333. The van der Waals surface area contributed by atoms with E-state index in [2.05, 4.69) is 15.9 Å². The number of benzene rings is 2. The molecule has 0 aliphatic carbocycles. The van der Waals surface area contributed by atoms with E-state index in [0.717, 1.165) is 5.56 Å². The first-order valence-corrected chi connectivity index (χ1v) is 12.2. The molecule has 1 heterocycles. The van der Waals surface area contributed by atoms with Crippen molar-refractivity contribution in [1.82, 2.24) is 8.61 Å². The van der Waals surface area contributed by atoms with Crippen molar-refractivity contribution >= 4 is 36.0 Å². The third kappa shape index (κ3) is 4.11. The molecule has 28 heavy (non-hydrogen) atoms. The molecule has 0 spiro atoms. The molecular weight excluding hydrogens is 468 g/mol. The largest absolute Gasteiger partial charge is 0.495 e. The maximum Gasteiger partial charge on any atom is 0.246 e. The Kier molecular flexibility index (Phi) is 6.16. The van der Waals surface area contributed by atoms with Gasteiger partial charge in [0.15, 0.2) is 0 Å². The van der Waals surface area contributed by atoms with E-state index in [1.54, 1.807) is 36.4 Å². The summed E-state index contributed by atoms with van der Waals surface area (Å²) < 4.78 is 60.1. The van der Waals surface area contributed by atoms with E-state index in [-0.39, 0.29) is 41.7 Å². The van der Waals surface area contributed by atoms with Gasteiger partial charge in [0.05, 0.1) is 12.0 Å². The highest BCUT2D eigenvalue weighted by molar-refractivity contribution is 9.10. The highest BCUT2D eigenvalue weighted by Gasteiger charge is 2.35. The summed E-state index contributed by atoms with van der Waals surface area (Å²) in [7, 11) is -6.05. The fourth-order valence-electron chi connectivity index (χ4n) is 3.00. The minimum atomic E-state index is -3.81. The van der Waals surface area contributed by atoms with Crippen molar-refractivity contribution in [3.63, 3.8) is 0 Å². The van der Waals surface area contributed by atoms with E-state index in [0.29, 0.717) is 4.47 Å². The predicted octanol–water partition coefficient (Wildman–Crippen LogP) is 2.46. The second-order valence-electron chi connectivity index (χ2n) is 6.42. The Hall–Kier alpha value is -1.46. The normalized spacial score (nSPS) is 16.8. The highest BCUT2D eigenvalue weighted by Crippen LogP contribution is 2.30. The molecule has 0 aromatic heterocycles. The van der Waals surface area contributed by atoms with Gasteiger partial charge in [0.1, 0.15) is 10.6 Å². The van der Waals surface area contributed by atoms with Crippen LogP contribution in [0.25, 0.3) is 0 Å². The molecule has 10 heteroatoms. The van der Waals surface area contributed by atoms with Gasteiger partial charge in [-0.05, 0) is 37.3 Å². The maximum atomic E-state index is 13.0. The van der Waals surface area contributed by atoms with Crippen LogP contribution in [0.4, 0.5) is 0 Å². The van der Waals surface area contributed by atoms with E-state index in [1.807, 2.05) is 6.92 Å². The van der Waals surface area contributed by atoms with E-state index < -0.39 is 20.0 Å². The molecule has 3 rings (SSSR count). The maximum absolute atomic E-state index is 13.0. The topological polar surface area (TPSA) is 84.0 Å². The molecule has 0 N–H and O–H groups in total. The molecule has 1 saturated heterocycles. The zero-order valence-electron chi connectivity index (χ0n) is 15.5. The molecule has 1 aliphatic rings. The second-order valence-corrected chi connectivity index (χ2v) is 11.2. The minimum Gasteiger partial charge on any atom is -0.495 e. The number of halogens is 1. The summed E-state index contributed by atoms with van der Waals surface area (Å²) in [5, 5.41) is 0.